The third-order valence-corrected chi connectivity index (χ3v) is 5.79. The topological polar surface area (TPSA) is 52.6 Å². The average Bonchev–Trinajstić information content (AvgIpc) is 2.73. The number of ether oxygens (including phenoxy) is 2. The molecule has 7 nitrogen and oxygen atoms in total. The van der Waals surface area contributed by atoms with Gasteiger partial charge in [-0.2, -0.15) is 0 Å². The average molecular weight is 390 g/mol. The first kappa shape index (κ1) is 20.7. The maximum Gasteiger partial charge on any atom is 0.194 e. The van der Waals surface area contributed by atoms with Crippen LogP contribution < -0.4 is 14.8 Å². The number of rotatable bonds is 7. The van der Waals surface area contributed by atoms with Gasteiger partial charge in [0.1, 0.15) is 0 Å². The molecule has 0 saturated carbocycles. The summed E-state index contributed by atoms with van der Waals surface area (Å²) < 4.78 is 10.9. The van der Waals surface area contributed by atoms with Crippen LogP contribution in [0.1, 0.15) is 18.1 Å². The van der Waals surface area contributed by atoms with Crippen LogP contribution in [0, 0.1) is 6.92 Å². The number of nitrogens with zero attached hydrogens (tertiary/aromatic N) is 4. The maximum absolute atomic E-state index is 5.48. The Hall–Kier alpha value is -1.99. The monoisotopic (exact) mass is 389 g/mol. The number of benzene rings is 1. The third-order valence-electron chi connectivity index (χ3n) is 5.79. The Labute approximate surface area is 169 Å². The van der Waals surface area contributed by atoms with Gasteiger partial charge in [0.2, 0.25) is 0 Å². The van der Waals surface area contributed by atoms with Gasteiger partial charge in [0.15, 0.2) is 17.5 Å². The molecule has 0 aromatic heterocycles. The van der Waals surface area contributed by atoms with E-state index in [1.165, 1.54) is 37.3 Å². The van der Waals surface area contributed by atoms with Gasteiger partial charge in [0.05, 0.1) is 20.8 Å². The van der Waals surface area contributed by atoms with Gasteiger partial charge >= 0.3 is 0 Å². The molecule has 28 heavy (non-hydrogen) atoms. The molecule has 3 aliphatic rings. The lowest BCUT2D eigenvalue weighted by molar-refractivity contribution is 0.0173. The predicted molar refractivity (Wildman–Crippen MR) is 114 cm³/mol. The van der Waals surface area contributed by atoms with Crippen LogP contribution in [-0.4, -0.2) is 93.8 Å². The van der Waals surface area contributed by atoms with E-state index >= 15 is 0 Å². The summed E-state index contributed by atoms with van der Waals surface area (Å²) >= 11 is 0. The molecular weight excluding hydrogens is 354 g/mol. The number of methoxy groups -OCH3 is 2. The number of fused-ring (bicyclic) bond motifs is 3. The summed E-state index contributed by atoms with van der Waals surface area (Å²) in [5.74, 6) is 2.48. The fourth-order valence-corrected chi connectivity index (χ4v) is 4.08. The second kappa shape index (κ2) is 9.47. The number of hydrogen-bond acceptors (Lipinski definition) is 5. The minimum Gasteiger partial charge on any atom is -0.493 e. The SMILES string of the molecule is CCNC(=NCC1CN2CCN1CC2)N(C)Cc1cc(OC)c(OC)cc1C. The lowest BCUT2D eigenvalue weighted by Gasteiger charge is -2.47. The standard InChI is InChI=1S/C21H35N5O2/c1-6-22-21(23-13-18-15-25-7-9-26(18)10-8-25)24(3)14-17-12-20(28-5)19(27-4)11-16(17)2/h11-12,18H,6-10,13-15H2,1-5H3,(H,22,23). The maximum atomic E-state index is 5.48. The highest BCUT2D eigenvalue weighted by atomic mass is 16.5. The molecule has 1 aromatic rings. The Bertz CT molecular complexity index is 686. The van der Waals surface area contributed by atoms with Crippen molar-refractivity contribution in [1.29, 1.82) is 0 Å². The molecular formula is C21H35N5O2. The van der Waals surface area contributed by atoms with E-state index in [9.17, 15) is 0 Å². The molecule has 0 aliphatic carbocycles. The number of aryl methyl sites for hydroxylation is 1. The lowest BCUT2D eigenvalue weighted by atomic mass is 10.1. The largest absolute Gasteiger partial charge is 0.493 e. The van der Waals surface area contributed by atoms with Crippen LogP contribution in [0.2, 0.25) is 0 Å². The Balaban J connectivity index is 1.70. The van der Waals surface area contributed by atoms with Crippen LogP contribution in [0.25, 0.3) is 0 Å². The zero-order valence-corrected chi connectivity index (χ0v) is 18.0. The van der Waals surface area contributed by atoms with E-state index in [4.69, 9.17) is 14.5 Å². The Morgan fingerprint density at radius 2 is 1.86 bits per heavy atom. The number of nitrogens with one attached hydrogen (secondary N) is 1. The highest BCUT2D eigenvalue weighted by Crippen LogP contribution is 2.30. The highest BCUT2D eigenvalue weighted by molar-refractivity contribution is 5.79. The Morgan fingerprint density at radius 1 is 1.18 bits per heavy atom. The Morgan fingerprint density at radius 3 is 2.43 bits per heavy atom. The van der Waals surface area contributed by atoms with Crippen LogP contribution in [-0.2, 0) is 6.54 Å². The summed E-state index contributed by atoms with van der Waals surface area (Å²) in [7, 11) is 5.44. The highest BCUT2D eigenvalue weighted by Gasteiger charge is 2.31. The molecule has 3 saturated heterocycles. The number of aliphatic imine (C=N–C) groups is 1. The predicted octanol–water partition coefficient (Wildman–Crippen LogP) is 1.41. The molecule has 0 amide bonds. The van der Waals surface area contributed by atoms with Gasteiger partial charge in [-0.1, -0.05) is 0 Å². The van der Waals surface area contributed by atoms with Gasteiger partial charge in [0.25, 0.3) is 0 Å². The molecule has 1 unspecified atom stereocenters. The Kier molecular flexibility index (Phi) is 7.02. The van der Waals surface area contributed by atoms with Crippen molar-refractivity contribution in [2.45, 2.75) is 26.4 Å². The van der Waals surface area contributed by atoms with E-state index in [0.29, 0.717) is 6.04 Å². The van der Waals surface area contributed by atoms with E-state index in [1.54, 1.807) is 14.2 Å². The van der Waals surface area contributed by atoms with Gasteiger partial charge in [-0.15, -0.1) is 0 Å². The molecule has 0 radical (unpaired) electrons. The molecule has 3 fully saturated rings. The fraction of sp³-hybridized carbons (Fsp3) is 0.667. The van der Waals surface area contributed by atoms with Crippen molar-refractivity contribution in [3.05, 3.63) is 23.3 Å². The summed E-state index contributed by atoms with van der Waals surface area (Å²) in [4.78, 5) is 12.3. The molecule has 0 spiro atoms. The van der Waals surface area contributed by atoms with Crippen molar-refractivity contribution in [3.8, 4) is 11.5 Å². The normalized spacial score (nSPS) is 24.2. The first-order valence-corrected chi connectivity index (χ1v) is 10.2. The van der Waals surface area contributed by atoms with Gasteiger partial charge in [-0.05, 0) is 37.1 Å². The molecule has 1 N–H and O–H groups in total. The molecule has 2 bridgehead atoms. The first-order chi connectivity index (χ1) is 13.5. The molecule has 1 aromatic carbocycles. The summed E-state index contributed by atoms with van der Waals surface area (Å²) in [6.45, 7) is 12.6. The molecule has 3 aliphatic heterocycles. The molecule has 3 heterocycles. The van der Waals surface area contributed by atoms with E-state index in [-0.39, 0.29) is 0 Å². The minimum atomic E-state index is 0.535. The van der Waals surface area contributed by atoms with Crippen molar-refractivity contribution in [3.63, 3.8) is 0 Å². The summed E-state index contributed by atoms with van der Waals surface area (Å²) in [6.07, 6.45) is 0. The van der Waals surface area contributed by atoms with Crippen molar-refractivity contribution in [2.24, 2.45) is 4.99 Å². The molecule has 1 atom stereocenters. The second-order valence-electron chi connectivity index (χ2n) is 7.67. The van der Waals surface area contributed by atoms with Crippen molar-refractivity contribution in [2.75, 3.05) is 67.1 Å². The first-order valence-electron chi connectivity index (χ1n) is 10.2. The lowest BCUT2D eigenvalue weighted by Crippen LogP contribution is -2.62. The van der Waals surface area contributed by atoms with Crippen LogP contribution in [0.15, 0.2) is 17.1 Å². The second-order valence-corrected chi connectivity index (χ2v) is 7.67. The smallest absolute Gasteiger partial charge is 0.194 e. The van der Waals surface area contributed by atoms with Gasteiger partial charge in [0, 0.05) is 58.9 Å². The quantitative estimate of drug-likeness (QED) is 0.562. The van der Waals surface area contributed by atoms with Crippen molar-refractivity contribution < 1.29 is 9.47 Å². The van der Waals surface area contributed by atoms with E-state index < -0.39 is 0 Å². The van der Waals surface area contributed by atoms with Crippen molar-refractivity contribution >= 4 is 5.96 Å². The van der Waals surface area contributed by atoms with Crippen LogP contribution in [0.3, 0.4) is 0 Å². The zero-order valence-electron chi connectivity index (χ0n) is 18.0. The number of hydrogen-bond donors (Lipinski definition) is 1. The van der Waals surface area contributed by atoms with Gasteiger partial charge in [-0.25, -0.2) is 0 Å². The third kappa shape index (κ3) is 4.70. The van der Waals surface area contributed by atoms with E-state index in [2.05, 4.69) is 47.0 Å². The zero-order chi connectivity index (χ0) is 20.1. The number of piperazine rings is 3. The molecule has 156 valence electrons. The fourth-order valence-electron chi connectivity index (χ4n) is 4.08. The van der Waals surface area contributed by atoms with Gasteiger partial charge < -0.3 is 19.7 Å². The van der Waals surface area contributed by atoms with Gasteiger partial charge in [-0.3, -0.25) is 14.8 Å². The number of guanidine groups is 1. The van der Waals surface area contributed by atoms with Crippen LogP contribution in [0.4, 0.5) is 0 Å². The van der Waals surface area contributed by atoms with E-state index in [0.717, 1.165) is 43.6 Å². The molecule has 7 heteroatoms. The van der Waals surface area contributed by atoms with E-state index in [1.807, 2.05) is 6.07 Å². The van der Waals surface area contributed by atoms with Crippen LogP contribution >= 0.6 is 0 Å². The minimum absolute atomic E-state index is 0.535. The van der Waals surface area contributed by atoms with Crippen molar-refractivity contribution in [1.82, 2.24) is 20.0 Å². The molecule has 4 rings (SSSR count). The van der Waals surface area contributed by atoms with Crippen LogP contribution in [0.5, 0.6) is 11.5 Å². The summed E-state index contributed by atoms with van der Waals surface area (Å²) in [5.41, 5.74) is 2.39. The summed E-state index contributed by atoms with van der Waals surface area (Å²) in [5, 5.41) is 3.44. The summed E-state index contributed by atoms with van der Waals surface area (Å²) in [6, 6.07) is 4.63.